The predicted molar refractivity (Wildman–Crippen MR) is 130 cm³/mol. The quantitative estimate of drug-likeness (QED) is 0.308. The van der Waals surface area contributed by atoms with Crippen molar-refractivity contribution in [2.24, 2.45) is 5.41 Å². The SMILES string of the molecule is C=C(C=N)[n+]1cc(Nc2ccc(N3CCC4(CC3)CN(CCCCO)C4)c(F)c2)ncc1C. The maximum Gasteiger partial charge on any atom is 0.221 e. The van der Waals surface area contributed by atoms with Gasteiger partial charge in [-0.2, -0.15) is 4.57 Å². The van der Waals surface area contributed by atoms with Gasteiger partial charge < -0.3 is 25.6 Å². The molecule has 1 aromatic carbocycles. The van der Waals surface area contributed by atoms with Gasteiger partial charge in [0.1, 0.15) is 5.82 Å². The molecule has 0 radical (unpaired) electrons. The number of halogens is 1. The molecule has 0 unspecified atom stereocenters. The summed E-state index contributed by atoms with van der Waals surface area (Å²) in [7, 11) is 0. The van der Waals surface area contributed by atoms with Crippen molar-refractivity contribution in [3.05, 3.63) is 48.7 Å². The molecule has 4 rings (SSSR count). The summed E-state index contributed by atoms with van der Waals surface area (Å²) < 4.78 is 16.8. The summed E-state index contributed by atoms with van der Waals surface area (Å²) in [6, 6.07) is 5.24. The fourth-order valence-electron chi connectivity index (χ4n) is 4.96. The predicted octanol–water partition coefficient (Wildman–Crippen LogP) is 3.36. The van der Waals surface area contributed by atoms with E-state index in [0.717, 1.165) is 64.1 Å². The van der Waals surface area contributed by atoms with Crippen LogP contribution in [-0.2, 0) is 0 Å². The normalized spacial score (nSPS) is 17.6. The molecule has 2 fully saturated rings. The van der Waals surface area contributed by atoms with Crippen molar-refractivity contribution in [2.75, 3.05) is 49.5 Å². The molecule has 8 heteroatoms. The number of piperidine rings is 1. The highest BCUT2D eigenvalue weighted by molar-refractivity contribution is 5.94. The number of likely N-dealkylation sites (tertiary alicyclic amines) is 1. The fraction of sp³-hybridized carbons (Fsp3) is 0.480. The third kappa shape index (κ3) is 5.23. The zero-order valence-electron chi connectivity index (χ0n) is 19.4. The average Bonchev–Trinajstić information content (AvgIpc) is 2.79. The second-order valence-corrected chi connectivity index (χ2v) is 9.34. The van der Waals surface area contributed by atoms with Gasteiger partial charge in [0.2, 0.25) is 17.6 Å². The van der Waals surface area contributed by atoms with Gasteiger partial charge in [-0.05, 0) is 62.4 Å². The molecule has 3 N–H and O–H groups in total. The molecule has 3 heterocycles. The van der Waals surface area contributed by atoms with Crippen molar-refractivity contribution < 1.29 is 14.1 Å². The molecule has 0 bridgehead atoms. The van der Waals surface area contributed by atoms with E-state index >= 15 is 4.39 Å². The molecular weight excluding hydrogens is 419 g/mol. The van der Waals surface area contributed by atoms with E-state index in [-0.39, 0.29) is 12.4 Å². The van der Waals surface area contributed by atoms with E-state index in [2.05, 4.69) is 26.7 Å². The van der Waals surface area contributed by atoms with E-state index in [1.165, 1.54) is 12.3 Å². The number of aliphatic hydroxyl groups excluding tert-OH is 1. The molecule has 33 heavy (non-hydrogen) atoms. The van der Waals surface area contributed by atoms with Gasteiger partial charge in [-0.3, -0.25) is 0 Å². The summed E-state index contributed by atoms with van der Waals surface area (Å²) in [6.07, 6.45) is 8.75. The van der Waals surface area contributed by atoms with Gasteiger partial charge in [-0.25, -0.2) is 9.37 Å². The average molecular weight is 454 g/mol. The molecule has 2 saturated heterocycles. The second-order valence-electron chi connectivity index (χ2n) is 9.34. The van der Waals surface area contributed by atoms with Crippen molar-refractivity contribution in [1.82, 2.24) is 9.88 Å². The first-order chi connectivity index (χ1) is 15.9. The van der Waals surface area contributed by atoms with Gasteiger partial charge in [0.15, 0.2) is 5.82 Å². The van der Waals surface area contributed by atoms with Gasteiger partial charge in [0.25, 0.3) is 0 Å². The lowest BCUT2D eigenvalue weighted by molar-refractivity contribution is -0.582. The van der Waals surface area contributed by atoms with Crippen molar-refractivity contribution in [3.63, 3.8) is 0 Å². The molecule has 176 valence electrons. The number of benzene rings is 1. The number of aliphatic hydroxyl groups is 1. The number of anilines is 3. The van der Waals surface area contributed by atoms with E-state index < -0.39 is 0 Å². The highest BCUT2D eigenvalue weighted by Gasteiger charge is 2.44. The topological polar surface area (TPSA) is 79.4 Å². The molecule has 2 aliphatic heterocycles. The highest BCUT2D eigenvalue weighted by Crippen LogP contribution is 2.41. The summed E-state index contributed by atoms with van der Waals surface area (Å²) in [4.78, 5) is 8.99. The molecule has 0 atom stereocenters. The van der Waals surface area contributed by atoms with Crippen LogP contribution in [0.2, 0.25) is 0 Å². The van der Waals surface area contributed by atoms with E-state index in [1.54, 1.807) is 17.0 Å². The summed E-state index contributed by atoms with van der Waals surface area (Å²) in [5.41, 5.74) is 3.06. The van der Waals surface area contributed by atoms with Crippen LogP contribution in [0.4, 0.5) is 21.6 Å². The Kier molecular flexibility index (Phi) is 7.05. The van der Waals surface area contributed by atoms with Crippen molar-refractivity contribution in [3.8, 4) is 0 Å². The van der Waals surface area contributed by atoms with Crippen LogP contribution in [0.5, 0.6) is 0 Å². The number of hydrogen-bond acceptors (Lipinski definition) is 6. The third-order valence-corrected chi connectivity index (χ3v) is 6.88. The monoisotopic (exact) mass is 453 g/mol. The number of hydrogen-bond donors (Lipinski definition) is 3. The van der Waals surface area contributed by atoms with Gasteiger partial charge in [0.05, 0.1) is 18.1 Å². The van der Waals surface area contributed by atoms with Gasteiger partial charge in [-0.15, -0.1) is 0 Å². The smallest absolute Gasteiger partial charge is 0.221 e. The first-order valence-corrected chi connectivity index (χ1v) is 11.7. The Bertz CT molecular complexity index is 1010. The Labute approximate surface area is 195 Å². The number of aromatic nitrogens is 2. The lowest BCUT2D eigenvalue weighted by atomic mass is 9.72. The Morgan fingerprint density at radius 1 is 1.33 bits per heavy atom. The Morgan fingerprint density at radius 3 is 2.76 bits per heavy atom. The summed E-state index contributed by atoms with van der Waals surface area (Å²) in [6.45, 7) is 11.1. The van der Waals surface area contributed by atoms with Crippen molar-refractivity contribution >= 4 is 29.1 Å². The molecule has 2 aliphatic rings. The third-order valence-electron chi connectivity index (χ3n) is 6.88. The molecule has 0 aliphatic carbocycles. The number of aryl methyl sites for hydroxylation is 1. The van der Waals surface area contributed by atoms with E-state index in [4.69, 9.17) is 10.5 Å². The van der Waals surface area contributed by atoms with Gasteiger partial charge >= 0.3 is 0 Å². The minimum atomic E-state index is -0.237. The molecule has 0 saturated carbocycles. The lowest BCUT2D eigenvalue weighted by Gasteiger charge is -2.54. The highest BCUT2D eigenvalue weighted by atomic mass is 19.1. The van der Waals surface area contributed by atoms with Crippen molar-refractivity contribution in [2.45, 2.75) is 32.6 Å². The zero-order valence-corrected chi connectivity index (χ0v) is 19.4. The Hall–Kier alpha value is -2.84. The number of nitrogens with zero attached hydrogens (tertiary/aromatic N) is 4. The van der Waals surface area contributed by atoms with Crippen LogP contribution in [0, 0.1) is 23.6 Å². The standard InChI is InChI=1S/C25H34FN6O/c1-19(14-27)32-16-24(28-15-20(32)2)29-21-5-6-23(22(26)13-21)31-10-7-25(8-11-31)17-30(18-25)9-3-4-12-33/h5-6,13-16,27,33H,1,3-4,7-12,17-18H2,2H3,(H,28,29)/q+1. The summed E-state index contributed by atoms with van der Waals surface area (Å²) in [5.74, 6) is 0.322. The van der Waals surface area contributed by atoms with E-state index in [9.17, 15) is 0 Å². The van der Waals surface area contributed by atoms with Crippen LogP contribution in [0.1, 0.15) is 31.4 Å². The van der Waals surface area contributed by atoms with Crippen LogP contribution in [-0.4, -0.2) is 60.5 Å². The van der Waals surface area contributed by atoms with Crippen LogP contribution in [0.25, 0.3) is 5.70 Å². The van der Waals surface area contributed by atoms with E-state index in [0.29, 0.717) is 28.3 Å². The van der Waals surface area contributed by atoms with Gasteiger partial charge in [-0.1, -0.05) is 0 Å². The first kappa shape index (κ1) is 23.3. The number of nitrogens with one attached hydrogen (secondary N) is 2. The lowest BCUT2D eigenvalue weighted by Crippen LogP contribution is -2.60. The molecule has 0 amide bonds. The minimum absolute atomic E-state index is 0.237. The number of allylic oxidation sites excluding steroid dienone is 1. The number of unbranched alkanes of at least 4 members (excludes halogenated alkanes) is 1. The number of rotatable bonds is 9. The summed E-state index contributed by atoms with van der Waals surface area (Å²) >= 11 is 0. The van der Waals surface area contributed by atoms with Crippen LogP contribution >= 0.6 is 0 Å². The first-order valence-electron chi connectivity index (χ1n) is 11.7. The van der Waals surface area contributed by atoms with Crippen LogP contribution in [0.15, 0.2) is 37.2 Å². The molecular formula is C25H34FN6O+. The van der Waals surface area contributed by atoms with Crippen LogP contribution < -0.4 is 14.8 Å². The maximum atomic E-state index is 15.0. The molecule has 7 nitrogen and oxygen atoms in total. The second kappa shape index (κ2) is 9.97. The Morgan fingerprint density at radius 2 is 2.09 bits per heavy atom. The molecule has 2 aromatic rings. The Balaban J connectivity index is 1.34. The zero-order chi connectivity index (χ0) is 23.4. The fourth-order valence-corrected chi connectivity index (χ4v) is 4.96. The summed E-state index contributed by atoms with van der Waals surface area (Å²) in [5, 5.41) is 19.5. The van der Waals surface area contributed by atoms with Gasteiger partial charge in [0, 0.05) is 45.4 Å². The largest absolute Gasteiger partial charge is 0.396 e. The maximum absolute atomic E-state index is 15.0. The molecule has 1 aromatic heterocycles. The minimum Gasteiger partial charge on any atom is -0.396 e. The van der Waals surface area contributed by atoms with Crippen LogP contribution in [0.3, 0.4) is 0 Å². The van der Waals surface area contributed by atoms with Crippen molar-refractivity contribution in [1.29, 1.82) is 5.41 Å². The van der Waals surface area contributed by atoms with E-state index in [1.807, 2.05) is 19.1 Å². The molecule has 1 spiro atoms.